The first kappa shape index (κ1) is 14.4. The van der Waals surface area contributed by atoms with Crippen LogP contribution >= 0.6 is 11.8 Å². The van der Waals surface area contributed by atoms with E-state index in [0.717, 1.165) is 23.9 Å². The zero-order chi connectivity index (χ0) is 13.7. The quantitative estimate of drug-likeness (QED) is 0.776. The molecule has 2 rings (SSSR count). The molecular weight excluding hydrogens is 254 g/mol. The molecule has 3 heteroatoms. The van der Waals surface area contributed by atoms with Gasteiger partial charge in [0.1, 0.15) is 0 Å². The molecule has 1 aromatic carbocycles. The van der Waals surface area contributed by atoms with Crippen molar-refractivity contribution < 1.29 is 4.79 Å². The van der Waals surface area contributed by atoms with E-state index in [1.54, 1.807) is 0 Å². The fourth-order valence-corrected chi connectivity index (χ4v) is 3.37. The summed E-state index contributed by atoms with van der Waals surface area (Å²) in [4.78, 5) is 14.1. The van der Waals surface area contributed by atoms with Crippen LogP contribution < -0.4 is 4.90 Å². The molecule has 0 bridgehead atoms. The van der Waals surface area contributed by atoms with Crippen LogP contribution in [0.15, 0.2) is 24.3 Å². The fraction of sp³-hybridized carbons (Fsp3) is 0.562. The van der Waals surface area contributed by atoms with Crippen LogP contribution in [0.25, 0.3) is 0 Å². The lowest BCUT2D eigenvalue weighted by Gasteiger charge is -2.23. The molecule has 0 amide bonds. The second-order valence-electron chi connectivity index (χ2n) is 5.10. The molecule has 1 saturated heterocycles. The molecule has 1 unspecified atom stereocenters. The third-order valence-electron chi connectivity index (χ3n) is 3.88. The zero-order valence-corrected chi connectivity index (χ0v) is 12.7. The SMILES string of the molecule is CCC(=O)c1ccc(N2CCCC(SC)CC2)cc1. The molecule has 0 radical (unpaired) electrons. The smallest absolute Gasteiger partial charge is 0.162 e. The molecule has 0 aromatic heterocycles. The van der Waals surface area contributed by atoms with E-state index in [4.69, 9.17) is 0 Å². The lowest BCUT2D eigenvalue weighted by molar-refractivity contribution is 0.0988. The van der Waals surface area contributed by atoms with Crippen molar-refractivity contribution in [1.82, 2.24) is 0 Å². The number of benzene rings is 1. The number of hydrogen-bond donors (Lipinski definition) is 0. The Labute approximate surface area is 120 Å². The van der Waals surface area contributed by atoms with Gasteiger partial charge < -0.3 is 4.90 Å². The van der Waals surface area contributed by atoms with Crippen molar-refractivity contribution in [2.45, 2.75) is 37.9 Å². The van der Waals surface area contributed by atoms with Crippen LogP contribution in [0.5, 0.6) is 0 Å². The predicted octanol–water partition coefficient (Wildman–Crippen LogP) is 4.00. The Kier molecular flexibility index (Phi) is 5.32. The van der Waals surface area contributed by atoms with Crippen LogP contribution in [-0.4, -0.2) is 30.4 Å². The van der Waals surface area contributed by atoms with Crippen molar-refractivity contribution in [3.8, 4) is 0 Å². The molecule has 0 aliphatic carbocycles. The van der Waals surface area contributed by atoms with Crippen molar-refractivity contribution in [2.24, 2.45) is 0 Å². The van der Waals surface area contributed by atoms with Gasteiger partial charge in [-0.1, -0.05) is 6.92 Å². The van der Waals surface area contributed by atoms with E-state index in [0.29, 0.717) is 6.42 Å². The monoisotopic (exact) mass is 277 g/mol. The van der Waals surface area contributed by atoms with Gasteiger partial charge in [-0.25, -0.2) is 0 Å². The first-order valence-electron chi connectivity index (χ1n) is 7.15. The van der Waals surface area contributed by atoms with Gasteiger partial charge in [0.15, 0.2) is 5.78 Å². The molecule has 19 heavy (non-hydrogen) atoms. The molecule has 1 aliphatic heterocycles. The van der Waals surface area contributed by atoms with E-state index < -0.39 is 0 Å². The van der Waals surface area contributed by atoms with E-state index in [9.17, 15) is 4.79 Å². The van der Waals surface area contributed by atoms with Gasteiger partial charge in [-0.2, -0.15) is 11.8 Å². The van der Waals surface area contributed by atoms with E-state index in [1.165, 1.54) is 24.9 Å². The molecule has 1 fully saturated rings. The van der Waals surface area contributed by atoms with Crippen molar-refractivity contribution in [2.75, 3.05) is 24.2 Å². The van der Waals surface area contributed by atoms with E-state index in [-0.39, 0.29) is 5.78 Å². The summed E-state index contributed by atoms with van der Waals surface area (Å²) in [5.74, 6) is 0.227. The van der Waals surface area contributed by atoms with Crippen LogP contribution in [0.1, 0.15) is 43.0 Å². The number of Topliss-reactive ketones (excluding diaryl/α,β-unsaturated/α-hetero) is 1. The fourth-order valence-electron chi connectivity index (χ4n) is 2.62. The number of carbonyl (C=O) groups is 1. The Morgan fingerprint density at radius 1 is 1.26 bits per heavy atom. The van der Waals surface area contributed by atoms with Gasteiger partial charge >= 0.3 is 0 Å². The van der Waals surface area contributed by atoms with E-state index in [2.05, 4.69) is 23.3 Å². The van der Waals surface area contributed by atoms with Crippen molar-refractivity contribution in [1.29, 1.82) is 0 Å². The van der Waals surface area contributed by atoms with E-state index >= 15 is 0 Å². The third-order valence-corrected chi connectivity index (χ3v) is 5.02. The number of thioether (sulfide) groups is 1. The predicted molar refractivity (Wildman–Crippen MR) is 84.4 cm³/mol. The summed E-state index contributed by atoms with van der Waals surface area (Å²) in [6.07, 6.45) is 6.64. The summed E-state index contributed by atoms with van der Waals surface area (Å²) < 4.78 is 0. The molecule has 2 nitrogen and oxygen atoms in total. The minimum Gasteiger partial charge on any atom is -0.371 e. The van der Waals surface area contributed by atoms with Gasteiger partial charge in [-0.05, 0) is 49.8 Å². The normalized spacial score (nSPS) is 20.1. The van der Waals surface area contributed by atoms with Crippen molar-refractivity contribution in [3.63, 3.8) is 0 Å². The third kappa shape index (κ3) is 3.75. The molecule has 0 N–H and O–H groups in total. The van der Waals surface area contributed by atoms with Crippen molar-refractivity contribution in [3.05, 3.63) is 29.8 Å². The minimum absolute atomic E-state index is 0.227. The lowest BCUT2D eigenvalue weighted by atomic mass is 10.1. The van der Waals surface area contributed by atoms with Crippen LogP contribution in [-0.2, 0) is 0 Å². The Bertz CT molecular complexity index is 415. The minimum atomic E-state index is 0.227. The highest BCUT2D eigenvalue weighted by molar-refractivity contribution is 7.99. The molecular formula is C16H23NOS. The molecule has 1 heterocycles. The molecule has 1 aliphatic rings. The Hall–Kier alpha value is -0.960. The number of ketones is 1. The van der Waals surface area contributed by atoms with Crippen LogP contribution in [0, 0.1) is 0 Å². The maximum atomic E-state index is 11.6. The number of rotatable bonds is 4. The molecule has 1 atom stereocenters. The van der Waals surface area contributed by atoms with Gasteiger partial charge in [0.05, 0.1) is 0 Å². The van der Waals surface area contributed by atoms with Gasteiger partial charge in [0.2, 0.25) is 0 Å². The molecule has 104 valence electrons. The Balaban J connectivity index is 2.03. The molecule has 0 saturated carbocycles. The first-order valence-corrected chi connectivity index (χ1v) is 8.44. The number of anilines is 1. The average molecular weight is 277 g/mol. The average Bonchev–Trinajstić information content (AvgIpc) is 2.72. The maximum absolute atomic E-state index is 11.6. The summed E-state index contributed by atoms with van der Waals surface area (Å²) in [7, 11) is 0. The summed E-state index contributed by atoms with van der Waals surface area (Å²) in [6.45, 7) is 4.18. The van der Waals surface area contributed by atoms with Crippen molar-refractivity contribution >= 4 is 23.2 Å². The largest absolute Gasteiger partial charge is 0.371 e. The van der Waals surface area contributed by atoms with E-state index in [1.807, 2.05) is 30.8 Å². The summed E-state index contributed by atoms with van der Waals surface area (Å²) in [5, 5.41) is 0.811. The van der Waals surface area contributed by atoms with Crippen LogP contribution in [0.3, 0.4) is 0 Å². The highest BCUT2D eigenvalue weighted by Crippen LogP contribution is 2.25. The first-order chi connectivity index (χ1) is 9.24. The Morgan fingerprint density at radius 2 is 2.00 bits per heavy atom. The second-order valence-corrected chi connectivity index (χ2v) is 6.24. The van der Waals surface area contributed by atoms with Gasteiger partial charge in [-0.3, -0.25) is 4.79 Å². The summed E-state index contributed by atoms with van der Waals surface area (Å²) in [6, 6.07) is 8.14. The van der Waals surface area contributed by atoms with Gasteiger partial charge in [0, 0.05) is 36.0 Å². The molecule has 1 aromatic rings. The van der Waals surface area contributed by atoms with Gasteiger partial charge in [-0.15, -0.1) is 0 Å². The highest BCUT2D eigenvalue weighted by Gasteiger charge is 2.16. The number of nitrogens with zero attached hydrogens (tertiary/aromatic N) is 1. The second kappa shape index (κ2) is 6.99. The highest BCUT2D eigenvalue weighted by atomic mass is 32.2. The van der Waals surface area contributed by atoms with Crippen LogP contribution in [0.4, 0.5) is 5.69 Å². The topological polar surface area (TPSA) is 20.3 Å². The number of hydrogen-bond acceptors (Lipinski definition) is 3. The zero-order valence-electron chi connectivity index (χ0n) is 11.9. The molecule has 0 spiro atoms. The summed E-state index contributed by atoms with van der Waals surface area (Å²) >= 11 is 1.99. The van der Waals surface area contributed by atoms with Crippen LogP contribution in [0.2, 0.25) is 0 Å². The Morgan fingerprint density at radius 3 is 2.63 bits per heavy atom. The summed E-state index contributed by atoms with van der Waals surface area (Å²) in [5.41, 5.74) is 2.09. The number of carbonyl (C=O) groups excluding carboxylic acids is 1. The maximum Gasteiger partial charge on any atom is 0.162 e. The van der Waals surface area contributed by atoms with Gasteiger partial charge in [0.25, 0.3) is 0 Å². The lowest BCUT2D eigenvalue weighted by Crippen LogP contribution is -2.24. The standard InChI is InChI=1S/C16H23NOS/c1-3-16(18)13-6-8-14(9-7-13)17-11-4-5-15(19-2)10-12-17/h6-9,15H,3-5,10-12H2,1-2H3.